The molecule has 1 aliphatic heterocycles. The molecule has 0 saturated carbocycles. The van der Waals surface area contributed by atoms with Crippen molar-refractivity contribution in [2.45, 2.75) is 12.6 Å². The largest absolute Gasteiger partial charge is 0.493 e. The molecule has 2 N–H and O–H groups in total. The number of thioether (sulfide) groups is 1. The Bertz CT molecular complexity index is 415. The van der Waals surface area contributed by atoms with E-state index in [0.29, 0.717) is 24.8 Å². The third-order valence-corrected chi connectivity index (χ3v) is 4.77. The van der Waals surface area contributed by atoms with Gasteiger partial charge in [-0.15, -0.1) is 0 Å². The maximum atomic E-state index is 12.4. The fourth-order valence-corrected chi connectivity index (χ4v) is 3.64. The minimum Gasteiger partial charge on any atom is -0.493 e. The van der Waals surface area contributed by atoms with Crippen molar-refractivity contribution in [1.29, 1.82) is 0 Å². The first-order valence-electron chi connectivity index (χ1n) is 6.58. The van der Waals surface area contributed by atoms with Crippen molar-refractivity contribution in [2.75, 3.05) is 24.7 Å². The molecule has 1 fully saturated rings. The fourth-order valence-electron chi connectivity index (χ4n) is 2.26. The lowest BCUT2D eigenvalue weighted by Gasteiger charge is -2.21. The molecule has 2 nitrogen and oxygen atoms in total. The normalized spacial score (nSPS) is 20.9. The highest BCUT2D eigenvalue weighted by atomic mass is 32.2. The van der Waals surface area contributed by atoms with Gasteiger partial charge in [0.2, 0.25) is 0 Å². The van der Waals surface area contributed by atoms with Crippen molar-refractivity contribution in [2.24, 2.45) is 17.6 Å². The van der Waals surface area contributed by atoms with E-state index < -0.39 is 11.7 Å². The van der Waals surface area contributed by atoms with E-state index in [0.717, 1.165) is 30.1 Å². The molecule has 1 saturated heterocycles. The van der Waals surface area contributed by atoms with Crippen LogP contribution in [0.15, 0.2) is 24.3 Å². The quantitative estimate of drug-likeness (QED) is 0.905. The zero-order valence-corrected chi connectivity index (χ0v) is 11.8. The SMILES string of the molecule is NCC(COc1ccc(C(F)(F)F)cc1)C1CCSC1. The van der Waals surface area contributed by atoms with Gasteiger partial charge in [-0.2, -0.15) is 24.9 Å². The summed E-state index contributed by atoms with van der Waals surface area (Å²) < 4.78 is 42.9. The molecule has 20 heavy (non-hydrogen) atoms. The molecule has 0 radical (unpaired) electrons. The molecule has 112 valence electrons. The van der Waals surface area contributed by atoms with E-state index in [1.165, 1.54) is 12.1 Å². The number of alkyl halides is 3. The van der Waals surface area contributed by atoms with Crippen LogP contribution in [0.3, 0.4) is 0 Å². The number of nitrogens with two attached hydrogens (primary N) is 1. The predicted octanol–water partition coefficient (Wildman–Crippen LogP) is 3.41. The molecule has 1 aromatic carbocycles. The van der Waals surface area contributed by atoms with Crippen molar-refractivity contribution in [3.8, 4) is 5.75 Å². The van der Waals surface area contributed by atoms with Gasteiger partial charge in [-0.1, -0.05) is 0 Å². The standard InChI is InChI=1S/C14H18F3NOS/c15-14(16,17)12-1-3-13(4-2-12)19-8-11(7-18)10-5-6-20-9-10/h1-4,10-11H,5-9,18H2. The van der Waals surface area contributed by atoms with Gasteiger partial charge in [0.05, 0.1) is 12.2 Å². The minimum absolute atomic E-state index is 0.271. The van der Waals surface area contributed by atoms with E-state index in [9.17, 15) is 13.2 Å². The zero-order valence-electron chi connectivity index (χ0n) is 11.0. The Morgan fingerprint density at radius 1 is 1.30 bits per heavy atom. The molecule has 0 aromatic heterocycles. The number of rotatable bonds is 5. The Morgan fingerprint density at radius 3 is 2.50 bits per heavy atom. The van der Waals surface area contributed by atoms with E-state index in [1.807, 2.05) is 11.8 Å². The molecule has 2 unspecified atom stereocenters. The Hall–Kier alpha value is -0.880. The van der Waals surface area contributed by atoms with Crippen molar-refractivity contribution in [3.63, 3.8) is 0 Å². The van der Waals surface area contributed by atoms with E-state index >= 15 is 0 Å². The van der Waals surface area contributed by atoms with Gasteiger partial charge < -0.3 is 10.5 Å². The van der Waals surface area contributed by atoms with Crippen molar-refractivity contribution in [3.05, 3.63) is 29.8 Å². The molecule has 1 aromatic rings. The lowest BCUT2D eigenvalue weighted by atomic mass is 9.93. The second-order valence-corrected chi connectivity index (χ2v) is 6.10. The van der Waals surface area contributed by atoms with Gasteiger partial charge in [-0.05, 0) is 54.7 Å². The first kappa shape index (κ1) is 15.5. The number of hydrogen-bond acceptors (Lipinski definition) is 3. The van der Waals surface area contributed by atoms with Crippen LogP contribution in [0.2, 0.25) is 0 Å². The van der Waals surface area contributed by atoms with Crippen LogP contribution in [0.25, 0.3) is 0 Å². The second-order valence-electron chi connectivity index (χ2n) is 4.95. The summed E-state index contributed by atoms with van der Waals surface area (Å²) in [5, 5.41) is 0. The third kappa shape index (κ3) is 4.06. The third-order valence-electron chi connectivity index (χ3n) is 3.58. The molecule has 0 bridgehead atoms. The summed E-state index contributed by atoms with van der Waals surface area (Å²) in [4.78, 5) is 0. The van der Waals surface area contributed by atoms with Gasteiger partial charge in [0, 0.05) is 5.92 Å². The van der Waals surface area contributed by atoms with Crippen LogP contribution in [-0.4, -0.2) is 24.7 Å². The molecule has 0 aliphatic carbocycles. The molecular weight excluding hydrogens is 287 g/mol. The van der Waals surface area contributed by atoms with Crippen molar-refractivity contribution < 1.29 is 17.9 Å². The minimum atomic E-state index is -4.31. The molecule has 2 atom stereocenters. The topological polar surface area (TPSA) is 35.2 Å². The highest BCUT2D eigenvalue weighted by molar-refractivity contribution is 7.99. The average molecular weight is 305 g/mol. The Balaban J connectivity index is 1.89. The van der Waals surface area contributed by atoms with Crippen molar-refractivity contribution >= 4 is 11.8 Å². The fraction of sp³-hybridized carbons (Fsp3) is 0.571. The van der Waals surface area contributed by atoms with Crippen LogP contribution < -0.4 is 10.5 Å². The molecule has 2 rings (SSSR count). The summed E-state index contributed by atoms with van der Waals surface area (Å²) >= 11 is 1.92. The van der Waals surface area contributed by atoms with Crippen LogP contribution in [0.1, 0.15) is 12.0 Å². The van der Waals surface area contributed by atoms with Gasteiger partial charge in [0.25, 0.3) is 0 Å². The van der Waals surface area contributed by atoms with E-state index in [-0.39, 0.29) is 5.92 Å². The second kappa shape index (κ2) is 6.72. The molecule has 0 spiro atoms. The summed E-state index contributed by atoms with van der Waals surface area (Å²) in [7, 11) is 0. The smallest absolute Gasteiger partial charge is 0.416 e. The Morgan fingerprint density at radius 2 is 2.00 bits per heavy atom. The van der Waals surface area contributed by atoms with Gasteiger partial charge in [-0.3, -0.25) is 0 Å². The lowest BCUT2D eigenvalue weighted by Crippen LogP contribution is -2.29. The van der Waals surface area contributed by atoms with Crippen LogP contribution in [0.5, 0.6) is 5.75 Å². The van der Waals surface area contributed by atoms with E-state index in [2.05, 4.69) is 0 Å². The summed E-state index contributed by atoms with van der Waals surface area (Å²) in [6, 6.07) is 4.80. The van der Waals surface area contributed by atoms with Gasteiger partial charge in [0.1, 0.15) is 5.75 Å². The average Bonchev–Trinajstić information content (AvgIpc) is 2.93. The predicted molar refractivity (Wildman–Crippen MR) is 74.9 cm³/mol. The summed E-state index contributed by atoms with van der Waals surface area (Å²) in [5.41, 5.74) is 5.10. The first-order valence-corrected chi connectivity index (χ1v) is 7.74. The number of ether oxygens (including phenoxy) is 1. The van der Waals surface area contributed by atoms with Crippen LogP contribution in [0, 0.1) is 11.8 Å². The van der Waals surface area contributed by atoms with Crippen molar-refractivity contribution in [1.82, 2.24) is 0 Å². The summed E-state index contributed by atoms with van der Waals surface area (Å²) in [5.74, 6) is 3.54. The zero-order chi connectivity index (χ0) is 14.6. The molecular formula is C14H18F3NOS. The number of benzene rings is 1. The lowest BCUT2D eigenvalue weighted by molar-refractivity contribution is -0.137. The van der Waals surface area contributed by atoms with Gasteiger partial charge >= 0.3 is 6.18 Å². The van der Waals surface area contributed by atoms with E-state index in [4.69, 9.17) is 10.5 Å². The van der Waals surface area contributed by atoms with E-state index in [1.54, 1.807) is 0 Å². The molecule has 6 heteroatoms. The first-order chi connectivity index (χ1) is 9.50. The summed E-state index contributed by atoms with van der Waals surface area (Å²) in [6.45, 7) is 1.01. The number of halogens is 3. The Labute approximate surface area is 120 Å². The Kier molecular flexibility index (Phi) is 5.21. The van der Waals surface area contributed by atoms with Gasteiger partial charge in [-0.25, -0.2) is 0 Å². The van der Waals surface area contributed by atoms with Crippen LogP contribution >= 0.6 is 11.8 Å². The van der Waals surface area contributed by atoms with Crippen LogP contribution in [0.4, 0.5) is 13.2 Å². The molecule has 0 amide bonds. The molecule has 1 aliphatic rings. The highest BCUT2D eigenvalue weighted by Gasteiger charge is 2.30. The number of hydrogen-bond donors (Lipinski definition) is 1. The van der Waals surface area contributed by atoms with Crippen LogP contribution in [-0.2, 0) is 6.18 Å². The van der Waals surface area contributed by atoms with Gasteiger partial charge in [0.15, 0.2) is 0 Å². The highest BCUT2D eigenvalue weighted by Crippen LogP contribution is 2.31. The monoisotopic (exact) mass is 305 g/mol. The maximum Gasteiger partial charge on any atom is 0.416 e. The molecule has 1 heterocycles. The maximum absolute atomic E-state index is 12.4. The summed E-state index contributed by atoms with van der Waals surface area (Å²) in [6.07, 6.45) is -3.16.